The van der Waals surface area contributed by atoms with Gasteiger partial charge in [0.2, 0.25) is 0 Å². The minimum absolute atomic E-state index is 0.103. The van der Waals surface area contributed by atoms with Gasteiger partial charge in [-0.1, -0.05) is 66.7 Å². The first-order valence-electron chi connectivity index (χ1n) is 9.60. The number of hydrogen-bond acceptors (Lipinski definition) is 4. The predicted molar refractivity (Wildman–Crippen MR) is 112 cm³/mol. The van der Waals surface area contributed by atoms with Gasteiger partial charge in [-0.05, 0) is 29.3 Å². The van der Waals surface area contributed by atoms with Gasteiger partial charge < -0.3 is 14.2 Å². The summed E-state index contributed by atoms with van der Waals surface area (Å²) in [5.41, 5.74) is 2.55. The Balaban J connectivity index is 1.50. The minimum atomic E-state index is -0.116. The molecule has 1 heterocycles. The lowest BCUT2D eigenvalue weighted by atomic mass is 10.1. The summed E-state index contributed by atoms with van der Waals surface area (Å²) in [4.78, 5) is 12.8. The van der Waals surface area contributed by atoms with Crippen LogP contribution in [0, 0.1) is 0 Å². The van der Waals surface area contributed by atoms with Crippen LogP contribution >= 0.6 is 0 Å². The lowest BCUT2D eigenvalue weighted by Gasteiger charge is -2.12. The summed E-state index contributed by atoms with van der Waals surface area (Å²) >= 11 is 0. The highest BCUT2D eigenvalue weighted by atomic mass is 16.6. The molecule has 3 aromatic carbocycles. The van der Waals surface area contributed by atoms with E-state index in [1.807, 2.05) is 60.7 Å². The first kappa shape index (κ1) is 19.0. The fourth-order valence-electron chi connectivity index (χ4n) is 2.83. The summed E-state index contributed by atoms with van der Waals surface area (Å²) in [6, 6.07) is 25.0. The molecule has 0 saturated carbocycles. The average molecular weight is 386 g/mol. The highest BCUT2D eigenvalue weighted by Crippen LogP contribution is 2.28. The molecule has 4 rings (SSSR count). The Bertz CT molecular complexity index is 976. The number of ketones is 1. The van der Waals surface area contributed by atoms with Gasteiger partial charge in [0.15, 0.2) is 5.78 Å². The third kappa shape index (κ3) is 5.56. The molecule has 1 atom stereocenters. The van der Waals surface area contributed by atoms with Crippen molar-refractivity contribution >= 4 is 11.9 Å². The number of rotatable bonds is 9. The van der Waals surface area contributed by atoms with Crippen LogP contribution < -0.4 is 9.47 Å². The molecule has 1 fully saturated rings. The van der Waals surface area contributed by atoms with Crippen molar-refractivity contribution in [3.8, 4) is 11.5 Å². The van der Waals surface area contributed by atoms with Crippen LogP contribution in [0.15, 0.2) is 84.9 Å². The van der Waals surface area contributed by atoms with Gasteiger partial charge in [-0.25, -0.2) is 0 Å². The minimum Gasteiger partial charge on any atom is -0.490 e. The van der Waals surface area contributed by atoms with E-state index < -0.39 is 0 Å². The van der Waals surface area contributed by atoms with Crippen LogP contribution in [-0.2, 0) is 11.3 Å². The summed E-state index contributed by atoms with van der Waals surface area (Å²) in [6.07, 6.45) is 3.47. The van der Waals surface area contributed by atoms with Crippen LogP contribution in [0.3, 0.4) is 0 Å². The van der Waals surface area contributed by atoms with Gasteiger partial charge in [0.1, 0.15) is 30.8 Å². The van der Waals surface area contributed by atoms with Gasteiger partial charge >= 0.3 is 0 Å². The molecule has 0 radical (unpaired) electrons. The Kier molecular flexibility index (Phi) is 6.03. The number of ether oxygens (including phenoxy) is 3. The number of carbonyl (C=O) groups is 1. The van der Waals surface area contributed by atoms with Crippen molar-refractivity contribution in [2.24, 2.45) is 0 Å². The summed E-state index contributed by atoms with van der Waals surface area (Å²) in [5.74, 6) is 1.05. The maximum absolute atomic E-state index is 12.8. The zero-order chi connectivity index (χ0) is 19.9. The van der Waals surface area contributed by atoms with Crippen molar-refractivity contribution in [1.82, 2.24) is 0 Å². The first-order chi connectivity index (χ1) is 14.3. The molecule has 1 aliphatic rings. The zero-order valence-electron chi connectivity index (χ0n) is 16.0. The average Bonchev–Trinajstić information content (AvgIpc) is 3.61. The van der Waals surface area contributed by atoms with Crippen molar-refractivity contribution in [1.29, 1.82) is 0 Å². The fraction of sp³-hybridized carbons (Fsp3) is 0.160. The van der Waals surface area contributed by atoms with Crippen molar-refractivity contribution in [3.63, 3.8) is 0 Å². The van der Waals surface area contributed by atoms with Crippen LogP contribution in [-0.4, -0.2) is 25.1 Å². The molecule has 1 unspecified atom stereocenters. The van der Waals surface area contributed by atoms with E-state index in [2.05, 4.69) is 0 Å². The van der Waals surface area contributed by atoms with E-state index in [9.17, 15) is 4.79 Å². The second kappa shape index (κ2) is 9.22. The molecule has 3 aromatic rings. The molecule has 1 saturated heterocycles. The van der Waals surface area contributed by atoms with E-state index in [-0.39, 0.29) is 11.9 Å². The quantitative estimate of drug-likeness (QED) is 0.297. The molecule has 0 aromatic heterocycles. The second-order valence-electron chi connectivity index (χ2n) is 6.81. The summed E-state index contributed by atoms with van der Waals surface area (Å²) in [7, 11) is 0. The van der Waals surface area contributed by atoms with Crippen LogP contribution in [0.4, 0.5) is 0 Å². The Hall–Kier alpha value is -3.37. The third-order valence-corrected chi connectivity index (χ3v) is 4.52. The van der Waals surface area contributed by atoms with E-state index in [1.54, 1.807) is 30.4 Å². The van der Waals surface area contributed by atoms with Gasteiger partial charge in [-0.2, -0.15) is 0 Å². The predicted octanol–water partition coefficient (Wildman–Crippen LogP) is 4.94. The molecule has 0 bridgehead atoms. The standard InChI is InChI=1S/C25H22O4/c26-24(14-11-19-7-3-1-4-8-19)23-13-12-21(15-25(23)29-18-22-17-28-22)27-16-20-9-5-2-6-10-20/h1-15,22H,16-18H2. The van der Waals surface area contributed by atoms with E-state index in [0.717, 1.165) is 11.1 Å². The molecule has 0 amide bonds. The van der Waals surface area contributed by atoms with Crippen molar-refractivity contribution in [3.05, 3.63) is 102 Å². The topological polar surface area (TPSA) is 48.1 Å². The van der Waals surface area contributed by atoms with Crippen LogP contribution in [0.1, 0.15) is 21.5 Å². The molecular formula is C25H22O4. The highest BCUT2D eigenvalue weighted by molar-refractivity contribution is 6.08. The highest BCUT2D eigenvalue weighted by Gasteiger charge is 2.24. The lowest BCUT2D eigenvalue weighted by molar-refractivity contribution is 0.104. The van der Waals surface area contributed by atoms with Crippen molar-refractivity contribution < 1.29 is 19.0 Å². The molecule has 146 valence electrons. The van der Waals surface area contributed by atoms with Crippen molar-refractivity contribution in [2.75, 3.05) is 13.2 Å². The molecular weight excluding hydrogens is 364 g/mol. The second-order valence-corrected chi connectivity index (χ2v) is 6.81. The molecule has 0 spiro atoms. The van der Waals surface area contributed by atoms with Gasteiger partial charge in [-0.3, -0.25) is 4.79 Å². The summed E-state index contributed by atoms with van der Waals surface area (Å²) in [5, 5.41) is 0. The third-order valence-electron chi connectivity index (χ3n) is 4.52. The van der Waals surface area contributed by atoms with Crippen LogP contribution in [0.2, 0.25) is 0 Å². The largest absolute Gasteiger partial charge is 0.490 e. The monoisotopic (exact) mass is 386 g/mol. The normalized spacial score (nSPS) is 15.2. The number of benzene rings is 3. The van der Waals surface area contributed by atoms with Gasteiger partial charge in [0.25, 0.3) is 0 Å². The number of carbonyl (C=O) groups excluding carboxylic acids is 1. The Morgan fingerprint density at radius 2 is 1.69 bits per heavy atom. The molecule has 0 aliphatic carbocycles. The lowest BCUT2D eigenvalue weighted by Crippen LogP contribution is -2.08. The molecule has 0 N–H and O–H groups in total. The van der Waals surface area contributed by atoms with Crippen LogP contribution in [0.25, 0.3) is 6.08 Å². The Labute approximate surface area is 170 Å². The van der Waals surface area contributed by atoms with E-state index in [4.69, 9.17) is 14.2 Å². The van der Waals surface area contributed by atoms with E-state index in [1.165, 1.54) is 0 Å². The fourth-order valence-corrected chi connectivity index (χ4v) is 2.83. The zero-order valence-corrected chi connectivity index (χ0v) is 16.0. The smallest absolute Gasteiger partial charge is 0.189 e. The molecule has 4 heteroatoms. The van der Waals surface area contributed by atoms with E-state index >= 15 is 0 Å². The summed E-state index contributed by atoms with van der Waals surface area (Å²) < 4.78 is 17.0. The first-order valence-corrected chi connectivity index (χ1v) is 9.60. The number of hydrogen-bond donors (Lipinski definition) is 0. The Morgan fingerprint density at radius 1 is 0.966 bits per heavy atom. The van der Waals surface area contributed by atoms with Gasteiger partial charge in [0.05, 0.1) is 12.2 Å². The maximum Gasteiger partial charge on any atom is 0.189 e. The van der Waals surface area contributed by atoms with E-state index in [0.29, 0.717) is 36.9 Å². The van der Waals surface area contributed by atoms with Gasteiger partial charge in [0, 0.05) is 6.07 Å². The Morgan fingerprint density at radius 3 is 2.41 bits per heavy atom. The van der Waals surface area contributed by atoms with Crippen LogP contribution in [0.5, 0.6) is 11.5 Å². The maximum atomic E-state index is 12.8. The molecule has 4 nitrogen and oxygen atoms in total. The molecule has 1 aliphatic heterocycles. The van der Waals surface area contributed by atoms with Gasteiger partial charge in [-0.15, -0.1) is 0 Å². The molecule has 29 heavy (non-hydrogen) atoms. The SMILES string of the molecule is O=C(C=Cc1ccccc1)c1ccc(OCc2ccccc2)cc1OCC1CO1. The number of allylic oxidation sites excluding steroid dienone is 1. The summed E-state index contributed by atoms with van der Waals surface area (Å²) in [6.45, 7) is 1.57. The number of epoxide rings is 1. The van der Waals surface area contributed by atoms with Crippen molar-refractivity contribution in [2.45, 2.75) is 12.7 Å².